The van der Waals surface area contributed by atoms with Gasteiger partial charge in [-0.1, -0.05) is 29.8 Å². The summed E-state index contributed by atoms with van der Waals surface area (Å²) in [5.74, 6) is 0.356. The molecule has 0 saturated carbocycles. The van der Waals surface area contributed by atoms with Crippen molar-refractivity contribution < 1.29 is 38.9 Å². The zero-order valence-electron chi connectivity index (χ0n) is 16.0. The van der Waals surface area contributed by atoms with Crippen LogP contribution in [0.15, 0.2) is 42.5 Å². The van der Waals surface area contributed by atoms with Crippen molar-refractivity contribution >= 4 is 36.2 Å². The zero-order chi connectivity index (χ0) is 17.6. The third-order valence-corrected chi connectivity index (χ3v) is 6.89. The van der Waals surface area contributed by atoms with Gasteiger partial charge < -0.3 is 6.16 Å². The number of rotatable bonds is 8. The Kier molecular flexibility index (Phi) is 9.17. The molecule has 0 unspecified atom stereocenters. The minimum absolute atomic E-state index is 0. The van der Waals surface area contributed by atoms with Crippen LogP contribution in [0.3, 0.4) is 0 Å². The fourth-order valence-corrected chi connectivity index (χ4v) is 5.79. The number of hydrogen-bond donors (Lipinski definition) is 0. The van der Waals surface area contributed by atoms with Gasteiger partial charge in [-0.25, -0.2) is 0 Å². The summed E-state index contributed by atoms with van der Waals surface area (Å²) in [5, 5.41) is 2.05. The van der Waals surface area contributed by atoms with Crippen molar-refractivity contribution in [3.8, 4) is 5.75 Å². The zero-order valence-corrected chi connectivity index (χ0v) is 16.6. The summed E-state index contributed by atoms with van der Waals surface area (Å²) >= 11 is 6.33. The Bertz CT molecular complexity index is 697. The number of hydrogen-bond acceptors (Lipinski definition) is 4. The van der Waals surface area contributed by atoms with Crippen molar-refractivity contribution in [1.82, 2.24) is 0 Å². The van der Waals surface area contributed by atoms with Gasteiger partial charge in [-0.3, -0.25) is 4.79 Å². The SMILES string of the molecule is CCO[P+](OCC)(c1ccccc1)c1cc(Cl)c(OC)c(C=O)c1.[H-].[Li+]. The third-order valence-electron chi connectivity index (χ3n) is 3.45. The molecule has 25 heavy (non-hydrogen) atoms. The summed E-state index contributed by atoms with van der Waals surface area (Å²) in [7, 11) is -1.11. The van der Waals surface area contributed by atoms with Crippen molar-refractivity contribution in [2.24, 2.45) is 0 Å². The fraction of sp³-hybridized carbons (Fsp3) is 0.278. The van der Waals surface area contributed by atoms with Crippen molar-refractivity contribution in [2.75, 3.05) is 20.3 Å². The van der Waals surface area contributed by atoms with Crippen LogP contribution in [0, 0.1) is 0 Å². The molecule has 0 aliphatic rings. The largest absolute Gasteiger partial charge is 1.00 e. The van der Waals surface area contributed by atoms with E-state index in [0.717, 1.165) is 16.9 Å². The molecule has 0 aliphatic carbocycles. The van der Waals surface area contributed by atoms with E-state index in [1.54, 1.807) is 12.1 Å². The molecule has 0 bridgehead atoms. The average Bonchev–Trinajstić information content (AvgIpc) is 2.61. The van der Waals surface area contributed by atoms with Crippen molar-refractivity contribution in [2.45, 2.75) is 13.8 Å². The predicted molar refractivity (Wildman–Crippen MR) is 100 cm³/mol. The van der Waals surface area contributed by atoms with E-state index in [0.29, 0.717) is 29.5 Å². The molecule has 2 rings (SSSR count). The van der Waals surface area contributed by atoms with Gasteiger partial charge in [0.05, 0.1) is 30.9 Å². The molecule has 0 radical (unpaired) electrons. The topological polar surface area (TPSA) is 44.8 Å². The van der Waals surface area contributed by atoms with Gasteiger partial charge in [0.25, 0.3) is 0 Å². The van der Waals surface area contributed by atoms with E-state index in [1.807, 2.05) is 44.2 Å². The minimum atomic E-state index is -2.60. The molecule has 0 aromatic heterocycles. The number of carbonyl (C=O) groups excluding carboxylic acids is 1. The van der Waals surface area contributed by atoms with E-state index < -0.39 is 7.72 Å². The first-order valence-corrected chi connectivity index (χ1v) is 9.70. The Labute approximate surface area is 168 Å². The van der Waals surface area contributed by atoms with Crippen molar-refractivity contribution in [1.29, 1.82) is 0 Å². The van der Waals surface area contributed by atoms with Crippen molar-refractivity contribution in [3.63, 3.8) is 0 Å². The predicted octanol–water partition coefficient (Wildman–Crippen LogP) is 1.15. The van der Waals surface area contributed by atoms with Gasteiger partial charge in [0.1, 0.15) is 5.75 Å². The Morgan fingerprint density at radius 3 is 2.16 bits per heavy atom. The summed E-state index contributed by atoms with van der Waals surface area (Å²) in [6.07, 6.45) is 0.728. The fourth-order valence-electron chi connectivity index (χ4n) is 2.54. The molecule has 0 fully saturated rings. The molecule has 7 heteroatoms. The van der Waals surface area contributed by atoms with Gasteiger partial charge in [0, 0.05) is 12.1 Å². The van der Waals surface area contributed by atoms with Crippen LogP contribution in [0.25, 0.3) is 0 Å². The van der Waals surface area contributed by atoms with Crippen LogP contribution in [0.1, 0.15) is 25.6 Å². The number of aldehydes is 1. The summed E-state index contributed by atoms with van der Waals surface area (Å²) in [4.78, 5) is 11.5. The van der Waals surface area contributed by atoms with Gasteiger partial charge >= 0.3 is 26.6 Å². The summed E-state index contributed by atoms with van der Waals surface area (Å²) in [5.41, 5.74) is 0.375. The van der Waals surface area contributed by atoms with E-state index in [-0.39, 0.29) is 20.3 Å². The number of ether oxygens (including phenoxy) is 1. The van der Waals surface area contributed by atoms with Crippen LogP contribution in [0.2, 0.25) is 5.02 Å². The van der Waals surface area contributed by atoms with Gasteiger partial charge in [-0.2, -0.15) is 9.05 Å². The number of benzene rings is 2. The first-order chi connectivity index (χ1) is 11.6. The Hall–Kier alpha value is -0.853. The molecule has 4 nitrogen and oxygen atoms in total. The van der Waals surface area contributed by atoms with E-state index in [2.05, 4.69) is 0 Å². The first-order valence-electron chi connectivity index (χ1n) is 7.70. The van der Waals surface area contributed by atoms with E-state index in [4.69, 9.17) is 25.4 Å². The van der Waals surface area contributed by atoms with E-state index >= 15 is 0 Å². The van der Waals surface area contributed by atoms with Crippen LogP contribution in [-0.4, -0.2) is 26.6 Å². The molecule has 0 atom stereocenters. The second-order valence-corrected chi connectivity index (χ2v) is 7.95. The van der Waals surface area contributed by atoms with E-state index in [1.165, 1.54) is 7.11 Å². The molecule has 130 valence electrons. The summed E-state index contributed by atoms with van der Waals surface area (Å²) in [6.45, 7) is 4.79. The van der Waals surface area contributed by atoms with E-state index in [9.17, 15) is 4.79 Å². The Balaban J connectivity index is 0.00000312. The monoisotopic (exact) mass is 375 g/mol. The number of halogens is 1. The molecule has 0 N–H and O–H groups in total. The standard InChI is InChI=1S/C18H21ClO4P.Li.H/c1-4-22-24(23-5-2,15-9-7-6-8-10-15)16-11-14(13-20)18(21-3)17(19)12-16;;/h6-13H,4-5H2,1-3H3;;/q2*+1;-1. The number of carbonyl (C=O) groups is 1. The first kappa shape index (κ1) is 22.2. The minimum Gasteiger partial charge on any atom is -1.00 e. The molecular formula is C18H22ClLiO4P+. The molecule has 0 aliphatic heterocycles. The van der Waals surface area contributed by atoms with Gasteiger partial charge in [0.2, 0.25) is 0 Å². The van der Waals surface area contributed by atoms with Crippen LogP contribution >= 0.6 is 19.3 Å². The molecule has 0 heterocycles. The van der Waals surface area contributed by atoms with Crippen LogP contribution in [0.4, 0.5) is 0 Å². The Morgan fingerprint density at radius 1 is 1.08 bits per heavy atom. The third kappa shape index (κ3) is 4.66. The summed E-state index contributed by atoms with van der Waals surface area (Å²) < 4.78 is 17.5. The van der Waals surface area contributed by atoms with Gasteiger partial charge in [-0.15, -0.1) is 0 Å². The average molecular weight is 376 g/mol. The molecule has 2 aromatic rings. The quantitative estimate of drug-likeness (QED) is 0.394. The molecule has 0 amide bonds. The van der Waals surface area contributed by atoms with Crippen LogP contribution < -0.4 is 34.2 Å². The maximum atomic E-state index is 11.5. The molecular weight excluding hydrogens is 354 g/mol. The molecule has 0 spiro atoms. The van der Waals surface area contributed by atoms with Crippen molar-refractivity contribution in [3.05, 3.63) is 53.1 Å². The second kappa shape index (κ2) is 10.3. The Morgan fingerprint density at radius 2 is 1.68 bits per heavy atom. The smallest absolute Gasteiger partial charge is 1.00 e. The summed E-state index contributed by atoms with van der Waals surface area (Å²) in [6, 6.07) is 13.3. The maximum absolute atomic E-state index is 11.5. The molecule has 0 saturated heterocycles. The van der Waals surface area contributed by atoms with Crippen LogP contribution in [-0.2, 0) is 9.05 Å². The number of methoxy groups -OCH3 is 1. The molecule has 2 aromatic carbocycles. The normalized spacial score (nSPS) is 10.9. The van der Waals surface area contributed by atoms with Gasteiger partial charge in [-0.05, 0) is 26.0 Å². The van der Waals surface area contributed by atoms with Crippen LogP contribution in [0.5, 0.6) is 5.75 Å². The maximum Gasteiger partial charge on any atom is 1.00 e. The van der Waals surface area contributed by atoms with Gasteiger partial charge in [0.15, 0.2) is 16.9 Å². The second-order valence-electron chi connectivity index (χ2n) is 4.89.